The summed E-state index contributed by atoms with van der Waals surface area (Å²) >= 11 is 5.68. The van der Waals surface area contributed by atoms with Crippen molar-refractivity contribution in [2.75, 3.05) is 25.6 Å². The Labute approximate surface area is 99.4 Å². The molecule has 1 N–H and O–H groups in total. The van der Waals surface area contributed by atoms with Crippen molar-refractivity contribution in [2.24, 2.45) is 0 Å². The molecule has 7 heteroatoms. The van der Waals surface area contributed by atoms with Gasteiger partial charge in [0.1, 0.15) is 6.61 Å². The van der Waals surface area contributed by atoms with Crippen LogP contribution in [-0.4, -0.2) is 41.3 Å². The van der Waals surface area contributed by atoms with Crippen molar-refractivity contribution < 1.29 is 9.47 Å². The molecule has 0 radical (unpaired) electrons. The molecule has 0 amide bonds. The van der Waals surface area contributed by atoms with Gasteiger partial charge in [0.2, 0.25) is 11.2 Å². The minimum absolute atomic E-state index is 0.0964. The van der Waals surface area contributed by atoms with Crippen LogP contribution >= 0.6 is 11.6 Å². The summed E-state index contributed by atoms with van der Waals surface area (Å²) in [6.07, 6.45) is 0.179. The zero-order valence-electron chi connectivity index (χ0n) is 9.53. The van der Waals surface area contributed by atoms with E-state index in [1.165, 1.54) is 0 Å². The van der Waals surface area contributed by atoms with E-state index in [-0.39, 0.29) is 17.4 Å². The summed E-state index contributed by atoms with van der Waals surface area (Å²) < 4.78 is 10.6. The maximum atomic E-state index is 5.68. The average molecular weight is 247 g/mol. The third-order valence-corrected chi connectivity index (χ3v) is 1.75. The van der Waals surface area contributed by atoms with Gasteiger partial charge in [0, 0.05) is 7.05 Å². The number of aromatic nitrogens is 3. The van der Waals surface area contributed by atoms with Crippen molar-refractivity contribution in [3.63, 3.8) is 0 Å². The lowest BCUT2D eigenvalue weighted by atomic mass is 10.5. The van der Waals surface area contributed by atoms with Gasteiger partial charge in [0.05, 0.1) is 12.7 Å². The summed E-state index contributed by atoms with van der Waals surface area (Å²) in [5.74, 6) is 0.375. The molecular formula is C9H15ClN4O2. The van der Waals surface area contributed by atoms with E-state index in [0.717, 1.165) is 0 Å². The molecule has 0 aliphatic rings. The number of anilines is 1. The first kappa shape index (κ1) is 12.9. The van der Waals surface area contributed by atoms with Crippen LogP contribution in [0.3, 0.4) is 0 Å². The minimum atomic E-state index is 0.0964. The molecule has 0 aromatic carbocycles. The molecule has 1 heterocycles. The fraction of sp³-hybridized carbons (Fsp3) is 0.667. The maximum Gasteiger partial charge on any atom is 0.322 e. The molecule has 0 atom stereocenters. The van der Waals surface area contributed by atoms with Gasteiger partial charge in [0.25, 0.3) is 0 Å². The highest BCUT2D eigenvalue weighted by Crippen LogP contribution is 2.10. The zero-order chi connectivity index (χ0) is 12.0. The first-order valence-corrected chi connectivity index (χ1v) is 5.33. The van der Waals surface area contributed by atoms with E-state index in [1.807, 2.05) is 13.8 Å². The monoisotopic (exact) mass is 246 g/mol. The van der Waals surface area contributed by atoms with Gasteiger partial charge in [-0.15, -0.1) is 0 Å². The van der Waals surface area contributed by atoms with Crippen LogP contribution in [0.1, 0.15) is 13.8 Å². The van der Waals surface area contributed by atoms with Crippen molar-refractivity contribution in [3.05, 3.63) is 5.28 Å². The van der Waals surface area contributed by atoms with Crippen molar-refractivity contribution in [1.29, 1.82) is 0 Å². The standard InChI is InChI=1S/C9H15ClN4O2/c1-6(2)15-4-5-16-9-13-7(10)12-8(11-3)14-9/h6H,4-5H2,1-3H3,(H,11,12,13,14). The molecular weight excluding hydrogens is 232 g/mol. The highest BCUT2D eigenvalue weighted by atomic mass is 35.5. The fourth-order valence-corrected chi connectivity index (χ4v) is 1.08. The normalized spacial score (nSPS) is 10.6. The molecule has 0 bridgehead atoms. The SMILES string of the molecule is CNc1nc(Cl)nc(OCCOC(C)C)n1. The molecule has 6 nitrogen and oxygen atoms in total. The summed E-state index contributed by atoms with van der Waals surface area (Å²) in [5, 5.41) is 2.86. The van der Waals surface area contributed by atoms with Crippen LogP contribution in [0.25, 0.3) is 0 Å². The predicted molar refractivity (Wildman–Crippen MR) is 61.0 cm³/mol. The van der Waals surface area contributed by atoms with Gasteiger partial charge in [-0.25, -0.2) is 0 Å². The third-order valence-electron chi connectivity index (χ3n) is 1.58. The Bertz CT molecular complexity index is 335. The van der Waals surface area contributed by atoms with E-state index in [0.29, 0.717) is 19.2 Å². The molecule has 0 unspecified atom stereocenters. The first-order chi connectivity index (χ1) is 7.61. The Balaban J connectivity index is 2.44. The topological polar surface area (TPSA) is 69.2 Å². The quantitative estimate of drug-likeness (QED) is 0.765. The molecule has 0 spiro atoms. The van der Waals surface area contributed by atoms with Crippen LogP contribution in [0.2, 0.25) is 5.28 Å². The van der Waals surface area contributed by atoms with E-state index >= 15 is 0 Å². The summed E-state index contributed by atoms with van der Waals surface area (Å²) in [5.41, 5.74) is 0. The Morgan fingerprint density at radius 2 is 2.00 bits per heavy atom. The van der Waals surface area contributed by atoms with E-state index < -0.39 is 0 Å². The van der Waals surface area contributed by atoms with E-state index in [2.05, 4.69) is 20.3 Å². The van der Waals surface area contributed by atoms with Gasteiger partial charge in [0.15, 0.2) is 0 Å². The number of nitrogens with zero attached hydrogens (tertiary/aromatic N) is 3. The van der Waals surface area contributed by atoms with E-state index in [9.17, 15) is 0 Å². The van der Waals surface area contributed by atoms with Crippen LogP contribution in [0.15, 0.2) is 0 Å². The van der Waals surface area contributed by atoms with Gasteiger partial charge in [-0.1, -0.05) is 0 Å². The second-order valence-electron chi connectivity index (χ2n) is 3.23. The summed E-state index contributed by atoms with van der Waals surface area (Å²) in [7, 11) is 1.69. The highest BCUT2D eigenvalue weighted by molar-refractivity contribution is 6.28. The minimum Gasteiger partial charge on any atom is -0.461 e. The fourth-order valence-electron chi connectivity index (χ4n) is 0.925. The number of hydrogen-bond donors (Lipinski definition) is 1. The molecule has 1 rings (SSSR count). The third kappa shape index (κ3) is 4.59. The number of hydrogen-bond acceptors (Lipinski definition) is 6. The van der Waals surface area contributed by atoms with Crippen LogP contribution < -0.4 is 10.1 Å². The van der Waals surface area contributed by atoms with Crippen LogP contribution in [0, 0.1) is 0 Å². The van der Waals surface area contributed by atoms with Crippen molar-refractivity contribution in [1.82, 2.24) is 15.0 Å². The predicted octanol–water partition coefficient (Wildman–Crippen LogP) is 1.37. The lowest BCUT2D eigenvalue weighted by Crippen LogP contribution is -2.13. The summed E-state index contributed by atoms with van der Waals surface area (Å²) in [4.78, 5) is 11.6. The van der Waals surface area contributed by atoms with Gasteiger partial charge in [-0.2, -0.15) is 15.0 Å². The molecule has 1 aromatic rings. The molecule has 1 aromatic heterocycles. The Morgan fingerprint density at radius 1 is 1.25 bits per heavy atom. The van der Waals surface area contributed by atoms with Crippen molar-refractivity contribution in [2.45, 2.75) is 20.0 Å². The maximum absolute atomic E-state index is 5.68. The zero-order valence-corrected chi connectivity index (χ0v) is 10.3. The summed E-state index contributed by atoms with van der Waals surface area (Å²) in [6, 6.07) is 0.191. The lowest BCUT2D eigenvalue weighted by molar-refractivity contribution is 0.0531. The first-order valence-electron chi connectivity index (χ1n) is 4.95. The average Bonchev–Trinajstić information content (AvgIpc) is 2.23. The second-order valence-corrected chi connectivity index (χ2v) is 3.57. The molecule has 0 saturated heterocycles. The van der Waals surface area contributed by atoms with Gasteiger partial charge in [-0.3, -0.25) is 0 Å². The van der Waals surface area contributed by atoms with Gasteiger partial charge >= 0.3 is 6.01 Å². The van der Waals surface area contributed by atoms with Crippen LogP contribution in [0.4, 0.5) is 5.95 Å². The van der Waals surface area contributed by atoms with E-state index in [1.54, 1.807) is 7.05 Å². The largest absolute Gasteiger partial charge is 0.461 e. The molecule has 0 aliphatic carbocycles. The van der Waals surface area contributed by atoms with Gasteiger partial charge in [-0.05, 0) is 25.4 Å². The Hall–Kier alpha value is -1.14. The summed E-state index contributed by atoms with van der Waals surface area (Å²) in [6.45, 7) is 4.77. The molecule has 90 valence electrons. The number of nitrogens with one attached hydrogen (secondary N) is 1. The molecule has 0 fully saturated rings. The highest BCUT2D eigenvalue weighted by Gasteiger charge is 2.04. The van der Waals surface area contributed by atoms with Gasteiger partial charge < -0.3 is 14.8 Å². The Kier molecular flexibility index (Phi) is 5.21. The molecule has 16 heavy (non-hydrogen) atoms. The number of ether oxygens (including phenoxy) is 2. The molecule has 0 saturated carbocycles. The lowest BCUT2D eigenvalue weighted by Gasteiger charge is -2.08. The van der Waals surface area contributed by atoms with Crippen molar-refractivity contribution in [3.8, 4) is 6.01 Å². The number of halogens is 1. The number of rotatable bonds is 6. The van der Waals surface area contributed by atoms with Crippen molar-refractivity contribution >= 4 is 17.5 Å². The van der Waals surface area contributed by atoms with Crippen LogP contribution in [-0.2, 0) is 4.74 Å². The Morgan fingerprint density at radius 3 is 2.62 bits per heavy atom. The van der Waals surface area contributed by atoms with E-state index in [4.69, 9.17) is 21.1 Å². The smallest absolute Gasteiger partial charge is 0.322 e. The molecule has 0 aliphatic heterocycles. The second kappa shape index (κ2) is 6.44. The van der Waals surface area contributed by atoms with Crippen LogP contribution in [0.5, 0.6) is 6.01 Å².